The molecule has 1 N–H and O–H groups in total. The van der Waals surface area contributed by atoms with Crippen LogP contribution in [0.3, 0.4) is 0 Å². The van der Waals surface area contributed by atoms with Gasteiger partial charge in [-0.2, -0.15) is 0 Å². The number of amides is 1. The maximum Gasteiger partial charge on any atom is 0.257 e. The summed E-state index contributed by atoms with van der Waals surface area (Å²) >= 11 is 0. The third-order valence-corrected chi connectivity index (χ3v) is 5.24. The van der Waals surface area contributed by atoms with Crippen LogP contribution in [-0.4, -0.2) is 42.6 Å². The summed E-state index contributed by atoms with van der Waals surface area (Å²) in [5.41, 5.74) is 1.67. The number of rotatable bonds is 3. The Labute approximate surface area is 148 Å². The van der Waals surface area contributed by atoms with Gasteiger partial charge in [-0.15, -0.1) is 0 Å². The monoisotopic (exact) mass is 336 g/mol. The first-order chi connectivity index (χ1) is 12.3. The zero-order valence-corrected chi connectivity index (χ0v) is 14.4. The zero-order valence-electron chi connectivity index (χ0n) is 14.4. The highest BCUT2D eigenvalue weighted by molar-refractivity contribution is 5.97. The fraction of sp³-hybridized carbons (Fsp3) is 0.381. The number of carbonyl (C=O) groups excluding carboxylic acids is 1. The van der Waals surface area contributed by atoms with E-state index in [1.54, 1.807) is 0 Å². The van der Waals surface area contributed by atoms with Gasteiger partial charge in [-0.05, 0) is 37.2 Å². The Hall–Kier alpha value is -2.33. The normalized spacial score (nSPS) is 19.2. The maximum absolute atomic E-state index is 13.1. The Kier molecular flexibility index (Phi) is 4.45. The molecule has 0 atom stereocenters. The lowest BCUT2D eigenvalue weighted by Crippen LogP contribution is -2.53. The number of para-hydroxylation sites is 1. The Morgan fingerprint density at radius 1 is 1.00 bits per heavy atom. The molecule has 4 heteroatoms. The van der Waals surface area contributed by atoms with Crippen molar-refractivity contribution < 1.29 is 9.53 Å². The third kappa shape index (κ3) is 3.40. The maximum atomic E-state index is 13.1. The van der Waals surface area contributed by atoms with Crippen molar-refractivity contribution in [3.05, 3.63) is 65.7 Å². The number of hydrogen-bond acceptors (Lipinski definition) is 3. The van der Waals surface area contributed by atoms with E-state index in [0.29, 0.717) is 12.1 Å². The first kappa shape index (κ1) is 16.2. The van der Waals surface area contributed by atoms with Gasteiger partial charge >= 0.3 is 0 Å². The van der Waals surface area contributed by atoms with Crippen molar-refractivity contribution in [2.45, 2.75) is 24.9 Å². The van der Waals surface area contributed by atoms with Crippen molar-refractivity contribution >= 4 is 5.91 Å². The van der Waals surface area contributed by atoms with Crippen LogP contribution in [0.2, 0.25) is 0 Å². The highest BCUT2D eigenvalue weighted by Gasteiger charge is 2.41. The number of nitrogens with one attached hydrogen (secondary N) is 1. The van der Waals surface area contributed by atoms with Crippen LogP contribution in [0.5, 0.6) is 5.75 Å². The van der Waals surface area contributed by atoms with E-state index >= 15 is 0 Å². The molecule has 1 fully saturated rings. The van der Waals surface area contributed by atoms with E-state index in [2.05, 4.69) is 17.4 Å². The van der Waals surface area contributed by atoms with Gasteiger partial charge in [0, 0.05) is 19.4 Å². The van der Waals surface area contributed by atoms with E-state index in [-0.39, 0.29) is 11.5 Å². The topological polar surface area (TPSA) is 41.6 Å². The molecule has 2 heterocycles. The van der Waals surface area contributed by atoms with Crippen molar-refractivity contribution in [3.8, 4) is 5.75 Å². The molecule has 0 aliphatic carbocycles. The Bertz CT molecular complexity index is 739. The van der Waals surface area contributed by atoms with E-state index in [4.69, 9.17) is 4.74 Å². The van der Waals surface area contributed by atoms with Crippen LogP contribution in [-0.2, 0) is 6.42 Å². The number of carbonyl (C=O) groups is 1. The van der Waals surface area contributed by atoms with E-state index in [1.165, 1.54) is 5.56 Å². The van der Waals surface area contributed by atoms with Gasteiger partial charge in [-0.1, -0.05) is 42.5 Å². The molecule has 0 saturated carbocycles. The molecule has 2 aromatic rings. The van der Waals surface area contributed by atoms with Crippen molar-refractivity contribution in [1.29, 1.82) is 0 Å². The third-order valence-electron chi connectivity index (χ3n) is 5.24. The first-order valence-electron chi connectivity index (χ1n) is 9.08. The molecule has 2 aromatic carbocycles. The second-order valence-corrected chi connectivity index (χ2v) is 6.99. The SMILES string of the molecule is O=C1c2ccccc2OC2(CCNCC2)CN1CCc1ccccc1. The zero-order chi connectivity index (χ0) is 17.1. The fourth-order valence-corrected chi connectivity index (χ4v) is 3.82. The minimum absolute atomic E-state index is 0.0851. The quantitative estimate of drug-likeness (QED) is 0.937. The molecule has 25 heavy (non-hydrogen) atoms. The molecule has 0 radical (unpaired) electrons. The molecule has 130 valence electrons. The van der Waals surface area contributed by atoms with Gasteiger partial charge in [-0.3, -0.25) is 4.79 Å². The number of benzene rings is 2. The largest absolute Gasteiger partial charge is 0.484 e. The van der Waals surface area contributed by atoms with Crippen LogP contribution in [0.15, 0.2) is 54.6 Å². The second kappa shape index (κ2) is 6.89. The molecule has 4 rings (SSSR count). The summed E-state index contributed by atoms with van der Waals surface area (Å²) in [6.45, 7) is 3.25. The lowest BCUT2D eigenvalue weighted by atomic mass is 9.91. The van der Waals surface area contributed by atoms with Gasteiger partial charge in [0.15, 0.2) is 0 Å². The Balaban J connectivity index is 1.61. The summed E-state index contributed by atoms with van der Waals surface area (Å²) in [5.74, 6) is 0.818. The highest BCUT2D eigenvalue weighted by Crippen LogP contribution is 2.34. The fourth-order valence-electron chi connectivity index (χ4n) is 3.82. The van der Waals surface area contributed by atoms with Gasteiger partial charge in [0.2, 0.25) is 0 Å². The molecule has 1 spiro atoms. The van der Waals surface area contributed by atoms with E-state index < -0.39 is 0 Å². The van der Waals surface area contributed by atoms with Crippen molar-refractivity contribution in [1.82, 2.24) is 10.2 Å². The lowest BCUT2D eigenvalue weighted by Gasteiger charge is -2.39. The number of hydrogen-bond donors (Lipinski definition) is 1. The molecule has 0 unspecified atom stereocenters. The summed E-state index contributed by atoms with van der Waals surface area (Å²) in [7, 11) is 0. The molecule has 1 saturated heterocycles. The number of ether oxygens (including phenoxy) is 1. The Morgan fingerprint density at radius 2 is 1.72 bits per heavy atom. The van der Waals surface area contributed by atoms with Crippen LogP contribution < -0.4 is 10.1 Å². The summed E-state index contributed by atoms with van der Waals surface area (Å²) in [5, 5.41) is 3.40. The molecule has 4 nitrogen and oxygen atoms in total. The van der Waals surface area contributed by atoms with Gasteiger partial charge in [-0.25, -0.2) is 0 Å². The summed E-state index contributed by atoms with van der Waals surface area (Å²) in [6.07, 6.45) is 2.72. The van der Waals surface area contributed by atoms with Crippen LogP contribution in [0.25, 0.3) is 0 Å². The molecule has 2 aliphatic rings. The first-order valence-corrected chi connectivity index (χ1v) is 9.08. The summed E-state index contributed by atoms with van der Waals surface area (Å²) in [4.78, 5) is 15.1. The van der Waals surface area contributed by atoms with Gasteiger partial charge < -0.3 is 15.0 Å². The average Bonchev–Trinajstić information content (AvgIpc) is 2.77. The number of fused-ring (bicyclic) bond motifs is 1. The van der Waals surface area contributed by atoms with Gasteiger partial charge in [0.05, 0.1) is 12.1 Å². The van der Waals surface area contributed by atoms with Crippen molar-refractivity contribution in [2.24, 2.45) is 0 Å². The molecular formula is C21H24N2O2. The standard InChI is InChI=1S/C21H24N2O2/c24-20-18-8-4-5-9-19(18)25-21(11-13-22-14-12-21)16-23(20)15-10-17-6-2-1-3-7-17/h1-9,22H,10-16H2. The van der Waals surface area contributed by atoms with Crippen molar-refractivity contribution in [2.75, 3.05) is 26.2 Å². The van der Waals surface area contributed by atoms with E-state index in [0.717, 1.165) is 44.6 Å². The predicted octanol–water partition coefficient (Wildman–Crippen LogP) is 2.89. The molecule has 2 aliphatic heterocycles. The second-order valence-electron chi connectivity index (χ2n) is 6.99. The average molecular weight is 336 g/mol. The predicted molar refractivity (Wildman–Crippen MR) is 98.0 cm³/mol. The van der Waals surface area contributed by atoms with Gasteiger partial charge in [0.1, 0.15) is 11.4 Å². The van der Waals surface area contributed by atoms with Gasteiger partial charge in [0.25, 0.3) is 5.91 Å². The van der Waals surface area contributed by atoms with Crippen LogP contribution in [0, 0.1) is 0 Å². The molecule has 1 amide bonds. The minimum atomic E-state index is -0.274. The molecule has 0 bridgehead atoms. The summed E-state index contributed by atoms with van der Waals surface area (Å²) in [6, 6.07) is 18.0. The smallest absolute Gasteiger partial charge is 0.257 e. The van der Waals surface area contributed by atoms with Crippen LogP contribution >= 0.6 is 0 Å². The van der Waals surface area contributed by atoms with Crippen LogP contribution in [0.4, 0.5) is 0 Å². The van der Waals surface area contributed by atoms with Crippen LogP contribution in [0.1, 0.15) is 28.8 Å². The highest BCUT2D eigenvalue weighted by atomic mass is 16.5. The molecular weight excluding hydrogens is 312 g/mol. The number of nitrogens with zero attached hydrogens (tertiary/aromatic N) is 1. The van der Waals surface area contributed by atoms with E-state index in [9.17, 15) is 4.79 Å². The Morgan fingerprint density at radius 3 is 2.52 bits per heavy atom. The van der Waals surface area contributed by atoms with E-state index in [1.807, 2.05) is 47.4 Å². The van der Waals surface area contributed by atoms with Crippen molar-refractivity contribution in [3.63, 3.8) is 0 Å². The summed E-state index contributed by atoms with van der Waals surface area (Å²) < 4.78 is 6.44. The minimum Gasteiger partial charge on any atom is -0.484 e. The molecule has 0 aromatic heterocycles. The number of piperidine rings is 1. The lowest BCUT2D eigenvalue weighted by molar-refractivity contribution is 0.0122.